The van der Waals surface area contributed by atoms with Crippen molar-refractivity contribution in [3.05, 3.63) is 51.6 Å². The van der Waals surface area contributed by atoms with Crippen LogP contribution >= 0.6 is 0 Å². The van der Waals surface area contributed by atoms with E-state index in [1.54, 1.807) is 10.6 Å². The summed E-state index contributed by atoms with van der Waals surface area (Å²) in [7, 11) is 0. The number of fused-ring (bicyclic) bond motifs is 2. The van der Waals surface area contributed by atoms with Crippen LogP contribution in [0, 0.1) is 26.8 Å². The number of aromatic amines is 1. The van der Waals surface area contributed by atoms with Gasteiger partial charge in [-0.3, -0.25) is 9.55 Å². The van der Waals surface area contributed by atoms with E-state index in [0.29, 0.717) is 28.0 Å². The van der Waals surface area contributed by atoms with Gasteiger partial charge in [0.1, 0.15) is 11.2 Å². The number of imidazole rings is 1. The number of hydrogen-bond acceptors (Lipinski definition) is 4. The van der Waals surface area contributed by atoms with Crippen LogP contribution in [0.1, 0.15) is 16.8 Å². The first-order valence-corrected chi connectivity index (χ1v) is 6.92. The molecule has 23 heavy (non-hydrogen) atoms. The molecule has 0 saturated heterocycles. The Labute approximate surface area is 156 Å². The van der Waals surface area contributed by atoms with Gasteiger partial charge in [0.2, 0.25) is 0 Å². The minimum absolute atomic E-state index is 0. The molecule has 0 spiro atoms. The predicted molar refractivity (Wildman–Crippen MR) is 82.3 cm³/mol. The molecule has 7 heteroatoms. The van der Waals surface area contributed by atoms with Crippen LogP contribution in [-0.2, 0) is 32.7 Å². The van der Waals surface area contributed by atoms with E-state index in [0.717, 1.165) is 16.8 Å². The summed E-state index contributed by atoms with van der Waals surface area (Å²) in [5, 5.41) is 3.96. The number of pyridine rings is 1. The second-order valence-electron chi connectivity index (χ2n) is 5.36. The number of aryl methyl sites for hydroxylation is 3. The smallest absolute Gasteiger partial charge is 0.330 e. The average molecular weight is 382 g/mol. The van der Waals surface area contributed by atoms with Crippen molar-refractivity contribution < 1.29 is 37.2 Å². The van der Waals surface area contributed by atoms with Crippen LogP contribution in [0.15, 0.2) is 27.5 Å². The molecule has 0 saturated carbocycles. The largest absolute Gasteiger partial charge is 0.354 e. The minimum Gasteiger partial charge on any atom is -0.354 e. The van der Waals surface area contributed by atoms with Crippen molar-refractivity contribution in [1.29, 1.82) is 0 Å². The Morgan fingerprint density at radius 1 is 1.30 bits per heavy atom. The zero-order chi connectivity index (χ0) is 15.4. The quantitative estimate of drug-likeness (QED) is 0.514. The van der Waals surface area contributed by atoms with E-state index in [-0.39, 0.29) is 38.4 Å². The Bertz CT molecular complexity index is 1090. The first-order chi connectivity index (χ1) is 10.6. The molecule has 1 aromatic carbocycles. The Kier molecular flexibility index (Phi) is 3.98. The summed E-state index contributed by atoms with van der Waals surface area (Å²) in [5.74, 6) is 0. The fourth-order valence-electron chi connectivity index (χ4n) is 2.80. The molecule has 4 aromatic rings. The number of hydrogen-bond donors (Lipinski definition) is 1. The maximum atomic E-state index is 12.4. The maximum Gasteiger partial charge on any atom is 0.330 e. The first-order valence-electron chi connectivity index (χ1n) is 6.92. The summed E-state index contributed by atoms with van der Waals surface area (Å²) < 4.78 is 6.99. The summed E-state index contributed by atoms with van der Waals surface area (Å²) in [6.45, 7) is 5.68. The third-order valence-corrected chi connectivity index (χ3v) is 3.91. The molecule has 0 atom stereocenters. The first kappa shape index (κ1) is 16.1. The van der Waals surface area contributed by atoms with Crippen LogP contribution in [0.2, 0.25) is 0 Å². The van der Waals surface area contributed by atoms with E-state index in [2.05, 4.69) is 21.2 Å². The zero-order valence-electron chi connectivity index (χ0n) is 13.0. The molecule has 6 nitrogen and oxygen atoms in total. The van der Waals surface area contributed by atoms with Crippen molar-refractivity contribution in [2.75, 3.05) is 0 Å². The Morgan fingerprint density at radius 2 is 2.09 bits per heavy atom. The average Bonchev–Trinajstić information content (AvgIpc) is 3.01. The van der Waals surface area contributed by atoms with Gasteiger partial charge < -0.3 is 4.52 Å². The number of nitrogens with one attached hydrogen (secondary N) is 1. The molecule has 0 aliphatic carbocycles. The standard InChI is InChI=1S/C16H13N4O2.Y/c1-8-6-4-5-7-11(8)20-13-9(2)14-12(10(3)19-22-14)17-15(13)18-16(20)21;/h5-7H,1-3H3,(H,17,18,21);/q-1;. The van der Waals surface area contributed by atoms with Crippen LogP contribution in [0.3, 0.4) is 0 Å². The summed E-state index contributed by atoms with van der Waals surface area (Å²) >= 11 is 0. The normalized spacial score (nSPS) is 11.1. The SMILES string of the molecule is Cc1c[c-]ccc1-n1c(=O)[nH]c2nc3c(C)noc3c(C)c21.[Y]. The van der Waals surface area contributed by atoms with Gasteiger partial charge in [-0.25, -0.2) is 9.78 Å². The molecule has 0 aliphatic rings. The van der Waals surface area contributed by atoms with Crippen molar-refractivity contribution in [3.8, 4) is 5.69 Å². The summed E-state index contributed by atoms with van der Waals surface area (Å²) in [4.78, 5) is 19.8. The Hall–Kier alpha value is -1.79. The molecule has 1 radical (unpaired) electrons. The van der Waals surface area contributed by atoms with E-state index in [1.807, 2.05) is 32.9 Å². The molecular weight excluding hydrogens is 369 g/mol. The number of aromatic nitrogens is 4. The molecule has 0 bridgehead atoms. The third kappa shape index (κ3) is 2.28. The van der Waals surface area contributed by atoms with Crippen LogP contribution in [0.25, 0.3) is 28.0 Å². The fourth-order valence-corrected chi connectivity index (χ4v) is 2.80. The van der Waals surface area contributed by atoms with Gasteiger partial charge in [-0.1, -0.05) is 17.8 Å². The molecule has 0 unspecified atom stereocenters. The topological polar surface area (TPSA) is 76.7 Å². The van der Waals surface area contributed by atoms with Crippen molar-refractivity contribution in [2.45, 2.75) is 20.8 Å². The Balaban J connectivity index is 0.00000156. The number of benzene rings is 1. The molecule has 113 valence electrons. The van der Waals surface area contributed by atoms with Crippen LogP contribution in [0.4, 0.5) is 0 Å². The van der Waals surface area contributed by atoms with Gasteiger partial charge in [-0.2, -0.15) is 18.2 Å². The Morgan fingerprint density at radius 3 is 2.83 bits per heavy atom. The number of rotatable bonds is 1. The van der Waals surface area contributed by atoms with Gasteiger partial charge in [-0.05, 0) is 13.8 Å². The molecule has 4 rings (SSSR count). The van der Waals surface area contributed by atoms with Gasteiger partial charge in [0.05, 0.1) is 5.52 Å². The van der Waals surface area contributed by atoms with Crippen molar-refractivity contribution in [1.82, 2.24) is 19.7 Å². The minimum atomic E-state index is -0.224. The molecule has 3 heterocycles. The fraction of sp³-hybridized carbons (Fsp3) is 0.188. The monoisotopic (exact) mass is 382 g/mol. The molecule has 0 fully saturated rings. The van der Waals surface area contributed by atoms with E-state index in [4.69, 9.17) is 4.52 Å². The van der Waals surface area contributed by atoms with Crippen LogP contribution in [-0.4, -0.2) is 19.7 Å². The predicted octanol–water partition coefficient (Wildman–Crippen LogP) is 2.58. The molecule has 0 aliphatic heterocycles. The maximum absolute atomic E-state index is 12.4. The third-order valence-electron chi connectivity index (χ3n) is 3.91. The molecule has 1 N–H and O–H groups in total. The summed E-state index contributed by atoms with van der Waals surface area (Å²) in [5.41, 5.74) is 5.61. The molecular formula is C16H13N4O2Y-. The van der Waals surface area contributed by atoms with Crippen LogP contribution < -0.4 is 5.69 Å². The van der Waals surface area contributed by atoms with Gasteiger partial charge in [-0.15, -0.1) is 11.6 Å². The van der Waals surface area contributed by atoms with Crippen molar-refractivity contribution in [3.63, 3.8) is 0 Å². The van der Waals surface area contributed by atoms with Crippen LogP contribution in [0.5, 0.6) is 0 Å². The van der Waals surface area contributed by atoms with E-state index < -0.39 is 0 Å². The van der Waals surface area contributed by atoms with Gasteiger partial charge in [0.15, 0.2) is 11.2 Å². The van der Waals surface area contributed by atoms with Crippen molar-refractivity contribution >= 4 is 22.3 Å². The zero-order valence-corrected chi connectivity index (χ0v) is 15.8. The van der Waals surface area contributed by atoms with E-state index in [9.17, 15) is 4.79 Å². The van der Waals surface area contributed by atoms with Gasteiger partial charge in [0, 0.05) is 38.3 Å². The van der Waals surface area contributed by atoms with Gasteiger partial charge >= 0.3 is 5.69 Å². The number of nitrogens with zero attached hydrogens (tertiary/aromatic N) is 3. The summed E-state index contributed by atoms with van der Waals surface area (Å²) in [6.07, 6.45) is 0. The second kappa shape index (κ2) is 5.69. The molecule has 0 amide bonds. The van der Waals surface area contributed by atoms with Gasteiger partial charge in [0.25, 0.3) is 0 Å². The summed E-state index contributed by atoms with van der Waals surface area (Å²) in [6, 6.07) is 8.50. The van der Waals surface area contributed by atoms with E-state index in [1.165, 1.54) is 0 Å². The molecule has 3 aromatic heterocycles. The number of H-pyrrole nitrogens is 1. The van der Waals surface area contributed by atoms with E-state index >= 15 is 0 Å². The second-order valence-corrected chi connectivity index (χ2v) is 5.36. The van der Waals surface area contributed by atoms with Crippen molar-refractivity contribution in [2.24, 2.45) is 0 Å².